The van der Waals surface area contributed by atoms with E-state index in [4.69, 9.17) is 4.74 Å². The molecule has 0 amide bonds. The molecule has 3 rings (SSSR count). The number of nitrogens with one attached hydrogen (secondary N) is 1. The van der Waals surface area contributed by atoms with Gasteiger partial charge in [-0.2, -0.15) is 5.10 Å². The molecule has 6 nitrogen and oxygen atoms in total. The van der Waals surface area contributed by atoms with Crippen LogP contribution in [0, 0.1) is 0 Å². The fraction of sp³-hybridized carbons (Fsp3) is 0.538. The van der Waals surface area contributed by atoms with Crippen LogP contribution in [0.4, 0.5) is 0 Å². The molecule has 102 valence electrons. The summed E-state index contributed by atoms with van der Waals surface area (Å²) in [4.78, 5) is 6.67. The number of hydrogen-bond acceptors (Lipinski definition) is 4. The number of aryl methyl sites for hydroxylation is 1. The first-order chi connectivity index (χ1) is 9.36. The number of fused-ring (bicyclic) bond motifs is 1. The van der Waals surface area contributed by atoms with Gasteiger partial charge in [-0.05, 0) is 6.42 Å². The van der Waals surface area contributed by atoms with E-state index in [-0.39, 0.29) is 0 Å². The van der Waals surface area contributed by atoms with Gasteiger partial charge in [0.1, 0.15) is 0 Å². The van der Waals surface area contributed by atoms with Gasteiger partial charge in [-0.25, -0.2) is 4.98 Å². The lowest BCUT2D eigenvalue weighted by atomic mass is 10.1. The van der Waals surface area contributed by atoms with E-state index in [1.807, 2.05) is 24.9 Å². The summed E-state index contributed by atoms with van der Waals surface area (Å²) < 4.78 is 7.61. The summed E-state index contributed by atoms with van der Waals surface area (Å²) >= 11 is 0. The molecular weight excluding hydrogens is 242 g/mol. The zero-order chi connectivity index (χ0) is 13.1. The van der Waals surface area contributed by atoms with Crippen LogP contribution < -0.4 is 0 Å². The van der Waals surface area contributed by atoms with Crippen LogP contribution in [-0.2, 0) is 24.4 Å². The highest BCUT2D eigenvalue weighted by Crippen LogP contribution is 2.19. The highest BCUT2D eigenvalue weighted by atomic mass is 16.5. The lowest BCUT2D eigenvalue weighted by Gasteiger charge is -2.28. The Balaban J connectivity index is 1.79. The SMILES string of the molecule is COC[C@H]1CCn2cncc2CN1Cc1cn[nH]c1. The van der Waals surface area contributed by atoms with Gasteiger partial charge in [0.25, 0.3) is 0 Å². The van der Waals surface area contributed by atoms with E-state index < -0.39 is 0 Å². The number of ether oxygens (including phenoxy) is 1. The lowest BCUT2D eigenvalue weighted by Crippen LogP contribution is -2.36. The van der Waals surface area contributed by atoms with Crippen LogP contribution in [0.2, 0.25) is 0 Å². The third-order valence-electron chi connectivity index (χ3n) is 3.68. The van der Waals surface area contributed by atoms with Gasteiger partial charge < -0.3 is 9.30 Å². The molecule has 0 aliphatic carbocycles. The van der Waals surface area contributed by atoms with E-state index in [1.54, 1.807) is 7.11 Å². The predicted octanol–water partition coefficient (Wildman–Crippen LogP) is 1.03. The van der Waals surface area contributed by atoms with Gasteiger partial charge in [0.2, 0.25) is 0 Å². The van der Waals surface area contributed by atoms with Crippen molar-refractivity contribution in [1.82, 2.24) is 24.6 Å². The van der Waals surface area contributed by atoms with Crippen molar-refractivity contribution in [2.45, 2.75) is 32.1 Å². The maximum absolute atomic E-state index is 5.37. The van der Waals surface area contributed by atoms with Crippen LogP contribution in [0.3, 0.4) is 0 Å². The number of H-pyrrole nitrogens is 1. The second-order valence-corrected chi connectivity index (χ2v) is 4.99. The highest BCUT2D eigenvalue weighted by Gasteiger charge is 2.24. The van der Waals surface area contributed by atoms with E-state index in [9.17, 15) is 0 Å². The van der Waals surface area contributed by atoms with Gasteiger partial charge >= 0.3 is 0 Å². The van der Waals surface area contributed by atoms with Crippen LogP contribution in [0.5, 0.6) is 0 Å². The Morgan fingerprint density at radius 2 is 2.42 bits per heavy atom. The van der Waals surface area contributed by atoms with Crippen LogP contribution >= 0.6 is 0 Å². The summed E-state index contributed by atoms with van der Waals surface area (Å²) in [6, 6.07) is 0.430. The first-order valence-electron chi connectivity index (χ1n) is 6.56. The molecule has 2 aromatic heterocycles. The summed E-state index contributed by atoms with van der Waals surface area (Å²) in [6.45, 7) is 3.55. The van der Waals surface area contributed by atoms with Crippen molar-refractivity contribution in [2.75, 3.05) is 13.7 Å². The highest BCUT2D eigenvalue weighted by molar-refractivity contribution is 5.06. The minimum Gasteiger partial charge on any atom is -0.383 e. The van der Waals surface area contributed by atoms with Gasteiger partial charge in [-0.1, -0.05) is 0 Å². The van der Waals surface area contributed by atoms with Crippen molar-refractivity contribution >= 4 is 0 Å². The first kappa shape index (κ1) is 12.4. The Labute approximate surface area is 112 Å². The molecule has 0 spiro atoms. The zero-order valence-corrected chi connectivity index (χ0v) is 11.1. The standard InChI is InChI=1S/C13H19N5O/c1-19-9-12-2-3-17-10-14-6-13(17)8-18(12)7-11-4-15-16-5-11/h4-6,10,12H,2-3,7-9H2,1H3,(H,15,16)/t12-/m1/s1. The average Bonchev–Trinajstić information content (AvgIpc) is 3.03. The quantitative estimate of drug-likeness (QED) is 0.893. The van der Waals surface area contributed by atoms with Gasteiger partial charge in [0.05, 0.1) is 24.8 Å². The van der Waals surface area contributed by atoms with E-state index >= 15 is 0 Å². The molecule has 1 atom stereocenters. The zero-order valence-electron chi connectivity index (χ0n) is 11.1. The van der Waals surface area contributed by atoms with Crippen LogP contribution in [0.25, 0.3) is 0 Å². The summed E-state index contributed by atoms with van der Waals surface area (Å²) in [7, 11) is 1.77. The van der Waals surface area contributed by atoms with Gasteiger partial charge in [0.15, 0.2) is 0 Å². The second kappa shape index (κ2) is 5.54. The molecule has 19 heavy (non-hydrogen) atoms. The molecule has 0 radical (unpaired) electrons. The van der Waals surface area contributed by atoms with Crippen molar-refractivity contribution < 1.29 is 4.74 Å². The monoisotopic (exact) mass is 261 g/mol. The fourth-order valence-electron chi connectivity index (χ4n) is 2.65. The molecule has 0 saturated carbocycles. The molecule has 1 aliphatic heterocycles. The van der Waals surface area contributed by atoms with Crippen molar-refractivity contribution in [3.05, 3.63) is 36.2 Å². The number of hydrogen-bond donors (Lipinski definition) is 1. The van der Waals surface area contributed by atoms with Gasteiger partial charge in [-0.3, -0.25) is 10.00 Å². The summed E-state index contributed by atoms with van der Waals surface area (Å²) in [5.74, 6) is 0. The molecule has 6 heteroatoms. The molecule has 0 aromatic carbocycles. The number of rotatable bonds is 4. The number of nitrogens with zero attached hydrogens (tertiary/aromatic N) is 4. The Bertz CT molecular complexity index is 507. The van der Waals surface area contributed by atoms with Gasteiger partial charge in [0, 0.05) is 50.7 Å². The van der Waals surface area contributed by atoms with Crippen LogP contribution in [-0.4, -0.2) is 44.4 Å². The van der Waals surface area contributed by atoms with Crippen molar-refractivity contribution in [3.8, 4) is 0 Å². The molecule has 0 unspecified atom stereocenters. The normalized spacial score (nSPS) is 20.2. The molecule has 1 aliphatic rings. The molecule has 0 bridgehead atoms. The molecule has 0 saturated heterocycles. The first-order valence-corrected chi connectivity index (χ1v) is 6.56. The summed E-state index contributed by atoms with van der Waals surface area (Å²) in [5.41, 5.74) is 2.47. The van der Waals surface area contributed by atoms with E-state index in [1.165, 1.54) is 11.3 Å². The smallest absolute Gasteiger partial charge is 0.0948 e. The topological polar surface area (TPSA) is 59.0 Å². The number of aromatic amines is 1. The largest absolute Gasteiger partial charge is 0.383 e. The Hall–Kier alpha value is -1.66. The Kier molecular flexibility index (Phi) is 3.61. The van der Waals surface area contributed by atoms with Crippen LogP contribution in [0.1, 0.15) is 17.7 Å². The predicted molar refractivity (Wildman–Crippen MR) is 70.3 cm³/mol. The maximum Gasteiger partial charge on any atom is 0.0948 e. The van der Waals surface area contributed by atoms with E-state index in [2.05, 4.69) is 24.6 Å². The summed E-state index contributed by atoms with van der Waals surface area (Å²) in [5, 5.41) is 6.89. The lowest BCUT2D eigenvalue weighted by molar-refractivity contribution is 0.0780. The van der Waals surface area contributed by atoms with Crippen molar-refractivity contribution in [3.63, 3.8) is 0 Å². The molecule has 3 heterocycles. The van der Waals surface area contributed by atoms with E-state index in [0.717, 1.165) is 32.7 Å². The minimum atomic E-state index is 0.430. The van der Waals surface area contributed by atoms with Crippen LogP contribution in [0.15, 0.2) is 24.9 Å². The molecule has 1 N–H and O–H groups in total. The molecule has 2 aromatic rings. The molecular formula is C13H19N5O. The average molecular weight is 261 g/mol. The maximum atomic E-state index is 5.37. The number of aromatic nitrogens is 4. The molecule has 0 fully saturated rings. The fourth-order valence-corrected chi connectivity index (χ4v) is 2.65. The number of methoxy groups -OCH3 is 1. The van der Waals surface area contributed by atoms with Crippen molar-refractivity contribution in [2.24, 2.45) is 0 Å². The number of imidazole rings is 1. The Morgan fingerprint density at radius 1 is 1.47 bits per heavy atom. The minimum absolute atomic E-state index is 0.430. The second-order valence-electron chi connectivity index (χ2n) is 4.99. The summed E-state index contributed by atoms with van der Waals surface area (Å²) in [6.07, 6.45) is 8.78. The third-order valence-corrected chi connectivity index (χ3v) is 3.68. The third kappa shape index (κ3) is 2.69. The van der Waals surface area contributed by atoms with Gasteiger partial charge in [-0.15, -0.1) is 0 Å². The Morgan fingerprint density at radius 3 is 3.21 bits per heavy atom. The van der Waals surface area contributed by atoms with E-state index in [0.29, 0.717) is 6.04 Å². The van der Waals surface area contributed by atoms with Crippen molar-refractivity contribution in [1.29, 1.82) is 0 Å².